The molecular weight excluding hydrogens is 492 g/mol. The molecule has 0 heterocycles. The minimum Gasteiger partial charge on any atom is -0.0952 e. The molecule has 1 aliphatic carbocycles. The summed E-state index contributed by atoms with van der Waals surface area (Å²) >= 11 is 0. The molecule has 0 spiro atoms. The van der Waals surface area contributed by atoms with Crippen molar-refractivity contribution < 1.29 is 0 Å². The highest BCUT2D eigenvalue weighted by atomic mass is 14.3. The molecule has 0 radical (unpaired) electrons. The summed E-state index contributed by atoms with van der Waals surface area (Å²) in [6, 6.07) is 31.0. The van der Waals surface area contributed by atoms with Gasteiger partial charge in [0.05, 0.1) is 0 Å². The molecule has 2 atom stereocenters. The zero-order valence-corrected chi connectivity index (χ0v) is 26.0. The van der Waals surface area contributed by atoms with Gasteiger partial charge in [0.25, 0.3) is 0 Å². The predicted octanol–water partition coefficient (Wildman–Crippen LogP) is 11.4. The number of rotatable bonds is 12. The van der Waals surface area contributed by atoms with Gasteiger partial charge in [-0.3, -0.25) is 0 Å². The zero-order valence-electron chi connectivity index (χ0n) is 26.0. The molecule has 0 N–H and O–H groups in total. The summed E-state index contributed by atoms with van der Waals surface area (Å²) in [5.74, 6) is 1.11. The normalized spacial score (nSPS) is 19.5. The summed E-state index contributed by atoms with van der Waals surface area (Å²) in [5, 5.41) is 0. The molecule has 0 saturated heterocycles. The van der Waals surface area contributed by atoms with Crippen molar-refractivity contribution in [3.05, 3.63) is 154 Å². The van der Waals surface area contributed by atoms with Crippen LogP contribution in [-0.4, -0.2) is 0 Å². The van der Waals surface area contributed by atoms with Crippen LogP contribution in [0, 0.1) is 11.8 Å². The lowest BCUT2D eigenvalue weighted by Crippen LogP contribution is -2.08. The van der Waals surface area contributed by atoms with Crippen molar-refractivity contribution in [1.29, 1.82) is 0 Å². The van der Waals surface area contributed by atoms with E-state index in [1.807, 2.05) is 0 Å². The number of allylic oxidation sites excluding steroid dienone is 7. The number of hydrogen-bond acceptors (Lipinski definition) is 0. The highest BCUT2D eigenvalue weighted by molar-refractivity contribution is 5.59. The van der Waals surface area contributed by atoms with Gasteiger partial charge in [-0.25, -0.2) is 0 Å². The van der Waals surface area contributed by atoms with Crippen LogP contribution >= 0.6 is 0 Å². The zero-order chi connectivity index (χ0) is 29.0. The van der Waals surface area contributed by atoms with Gasteiger partial charge in [0.15, 0.2) is 0 Å². The minimum absolute atomic E-state index is 0.543. The Bertz CT molecular complexity index is 1330. The van der Waals surface area contributed by atoms with Crippen molar-refractivity contribution >= 4 is 0 Å². The third-order valence-corrected chi connectivity index (χ3v) is 8.64. The molecule has 0 aromatic heterocycles. The molecule has 0 nitrogen and oxygen atoms in total. The first-order valence-electron chi connectivity index (χ1n) is 15.9. The first kappa shape index (κ1) is 30.6. The van der Waals surface area contributed by atoms with E-state index in [4.69, 9.17) is 0 Å². The molecule has 0 saturated carbocycles. The van der Waals surface area contributed by atoms with Gasteiger partial charge in [0, 0.05) is 0 Å². The Morgan fingerprint density at radius 1 is 0.780 bits per heavy atom. The Hall–Kier alpha value is -3.38. The molecule has 214 valence electrons. The second kappa shape index (κ2) is 15.6. The summed E-state index contributed by atoms with van der Waals surface area (Å²) in [6.07, 6.45) is 15.1. The van der Waals surface area contributed by atoms with Crippen molar-refractivity contribution in [3.8, 4) is 0 Å². The molecular formula is C41H50. The van der Waals surface area contributed by atoms with Gasteiger partial charge in [-0.15, -0.1) is 0 Å². The highest BCUT2D eigenvalue weighted by Gasteiger charge is 2.27. The molecule has 2 unspecified atom stereocenters. The van der Waals surface area contributed by atoms with E-state index in [1.54, 1.807) is 5.57 Å². The number of aryl methyl sites for hydroxylation is 2. The highest BCUT2D eigenvalue weighted by Crippen LogP contribution is 2.42. The van der Waals surface area contributed by atoms with Gasteiger partial charge in [-0.2, -0.15) is 0 Å². The first-order chi connectivity index (χ1) is 20.0. The molecule has 0 aliphatic heterocycles. The maximum absolute atomic E-state index is 4.65. The largest absolute Gasteiger partial charge is 0.0952 e. The topological polar surface area (TPSA) is 0 Å². The summed E-state index contributed by atoms with van der Waals surface area (Å²) in [7, 11) is 0. The van der Waals surface area contributed by atoms with Crippen LogP contribution in [0.15, 0.2) is 132 Å². The van der Waals surface area contributed by atoms with Crippen LogP contribution in [-0.2, 0) is 19.3 Å². The van der Waals surface area contributed by atoms with Crippen LogP contribution in [0.4, 0.5) is 0 Å². The van der Waals surface area contributed by atoms with Gasteiger partial charge in [-0.1, -0.05) is 136 Å². The van der Waals surface area contributed by atoms with Crippen LogP contribution in [0.1, 0.15) is 88.5 Å². The first-order valence-corrected chi connectivity index (χ1v) is 15.9. The second-order valence-electron chi connectivity index (χ2n) is 12.1. The van der Waals surface area contributed by atoms with Crippen molar-refractivity contribution in [3.63, 3.8) is 0 Å². The van der Waals surface area contributed by atoms with E-state index in [2.05, 4.69) is 131 Å². The fourth-order valence-corrected chi connectivity index (χ4v) is 6.41. The Morgan fingerprint density at radius 3 is 2.00 bits per heavy atom. The molecule has 0 heteroatoms. The minimum atomic E-state index is 0.543. The summed E-state index contributed by atoms with van der Waals surface area (Å²) in [4.78, 5) is 0. The molecule has 41 heavy (non-hydrogen) atoms. The van der Waals surface area contributed by atoms with Crippen LogP contribution in [0.2, 0.25) is 0 Å². The number of hydrogen-bond donors (Lipinski definition) is 0. The van der Waals surface area contributed by atoms with Crippen molar-refractivity contribution in [2.75, 3.05) is 0 Å². The van der Waals surface area contributed by atoms with Gasteiger partial charge in [0.2, 0.25) is 0 Å². The Balaban J connectivity index is 1.58. The van der Waals surface area contributed by atoms with Crippen molar-refractivity contribution in [2.45, 2.75) is 85.5 Å². The molecule has 0 fully saturated rings. The van der Waals surface area contributed by atoms with Gasteiger partial charge in [0.1, 0.15) is 0 Å². The van der Waals surface area contributed by atoms with Gasteiger partial charge in [-0.05, 0) is 115 Å². The molecule has 0 amide bonds. The fourth-order valence-electron chi connectivity index (χ4n) is 6.41. The van der Waals surface area contributed by atoms with E-state index in [1.165, 1.54) is 57.4 Å². The predicted molar refractivity (Wildman–Crippen MR) is 179 cm³/mol. The third-order valence-electron chi connectivity index (χ3n) is 8.64. The van der Waals surface area contributed by atoms with E-state index in [-0.39, 0.29) is 0 Å². The van der Waals surface area contributed by atoms with Gasteiger partial charge < -0.3 is 0 Å². The van der Waals surface area contributed by atoms with Crippen molar-refractivity contribution in [2.24, 2.45) is 11.8 Å². The smallest absolute Gasteiger partial charge is 0.00258 e. The Kier molecular flexibility index (Phi) is 11.6. The fraction of sp³-hybridized carbons (Fsp3) is 0.366. The summed E-state index contributed by atoms with van der Waals surface area (Å²) in [6.45, 7) is 14.0. The van der Waals surface area contributed by atoms with Crippen LogP contribution in [0.25, 0.3) is 0 Å². The molecule has 3 aromatic carbocycles. The summed E-state index contributed by atoms with van der Waals surface area (Å²) < 4.78 is 0. The SMILES string of the molecule is C=C(CCC)C1=CC(CCc2ccccc2)CC(C)C(=C\CC)/C1=C(/C)CCc1ccc(Cc2ccccc2)cc1. The van der Waals surface area contributed by atoms with Crippen LogP contribution < -0.4 is 0 Å². The van der Waals surface area contributed by atoms with E-state index in [0.717, 1.165) is 44.9 Å². The second-order valence-corrected chi connectivity index (χ2v) is 12.1. The quantitative estimate of drug-likeness (QED) is 0.213. The molecule has 0 bridgehead atoms. The van der Waals surface area contributed by atoms with E-state index in [9.17, 15) is 0 Å². The molecule has 4 rings (SSSR count). The summed E-state index contributed by atoms with van der Waals surface area (Å²) in [5.41, 5.74) is 12.9. The Morgan fingerprint density at radius 2 is 1.37 bits per heavy atom. The lowest BCUT2D eigenvalue weighted by molar-refractivity contribution is 0.474. The van der Waals surface area contributed by atoms with E-state index >= 15 is 0 Å². The maximum atomic E-state index is 4.65. The molecule has 1 aliphatic rings. The van der Waals surface area contributed by atoms with E-state index < -0.39 is 0 Å². The maximum Gasteiger partial charge on any atom is -0.00258 e. The average molecular weight is 543 g/mol. The van der Waals surface area contributed by atoms with Gasteiger partial charge >= 0.3 is 0 Å². The monoisotopic (exact) mass is 542 g/mol. The lowest BCUT2D eigenvalue weighted by Gasteiger charge is -2.23. The third kappa shape index (κ3) is 8.80. The van der Waals surface area contributed by atoms with Crippen molar-refractivity contribution in [1.82, 2.24) is 0 Å². The van der Waals surface area contributed by atoms with Crippen LogP contribution in [0.3, 0.4) is 0 Å². The Labute approximate surface area is 250 Å². The number of benzene rings is 3. The molecule has 3 aromatic rings. The standard InChI is InChI=1S/C41H50/c1-6-14-31(3)40-30-38(27-24-34-16-10-8-11-17-34)28-33(5)39(15-7-2)41(40)32(4)20-21-35-22-25-37(26-23-35)29-36-18-12-9-13-19-36/h8-13,15-19,22-23,25-26,30,33,38H,3,6-7,14,20-21,24,27-29H2,1-2,4-5H3/b39-15+,41-32+. The van der Waals surface area contributed by atoms with E-state index in [0.29, 0.717) is 11.8 Å². The van der Waals surface area contributed by atoms with Crippen LogP contribution in [0.5, 0.6) is 0 Å². The average Bonchev–Trinajstić information content (AvgIpc) is 3.13. The lowest BCUT2D eigenvalue weighted by atomic mass is 9.82.